The van der Waals surface area contributed by atoms with Crippen LogP contribution >= 0.6 is 0 Å². The fourth-order valence-electron chi connectivity index (χ4n) is 3.94. The molecule has 1 saturated heterocycles. The fraction of sp³-hybridized carbons (Fsp3) is 0.364. The van der Waals surface area contributed by atoms with Crippen LogP contribution in [0.25, 0.3) is 10.9 Å². The number of benzene rings is 2. The molecule has 2 N–H and O–H groups in total. The molecule has 0 unspecified atom stereocenters. The highest BCUT2D eigenvalue weighted by Crippen LogP contribution is 2.26. The first-order valence-corrected chi connectivity index (χ1v) is 11.8. The van der Waals surface area contributed by atoms with E-state index >= 15 is 0 Å². The second-order valence-electron chi connectivity index (χ2n) is 7.61. The van der Waals surface area contributed by atoms with Gasteiger partial charge in [0, 0.05) is 55.5 Å². The second kappa shape index (κ2) is 9.16. The van der Waals surface area contributed by atoms with Gasteiger partial charge < -0.3 is 9.88 Å². The van der Waals surface area contributed by atoms with Crippen molar-refractivity contribution in [2.45, 2.75) is 17.7 Å². The molecule has 1 fully saturated rings. The molecule has 0 saturated carbocycles. The number of hydrogen-bond donors (Lipinski definition) is 2. The highest BCUT2D eigenvalue weighted by molar-refractivity contribution is 7.89. The van der Waals surface area contributed by atoms with Gasteiger partial charge in [0.05, 0.1) is 4.90 Å². The van der Waals surface area contributed by atoms with Gasteiger partial charge in [0.15, 0.2) is 0 Å². The van der Waals surface area contributed by atoms with Crippen LogP contribution in [0.15, 0.2) is 59.6 Å². The molecule has 1 aliphatic rings. The number of unbranched alkanes of at least 4 members (excludes halogenated alkanes) is 1. The van der Waals surface area contributed by atoms with Gasteiger partial charge in [-0.2, -0.15) is 0 Å². The lowest BCUT2D eigenvalue weighted by molar-refractivity contribution is 0.253. The molecule has 1 aromatic heterocycles. The van der Waals surface area contributed by atoms with E-state index in [1.165, 1.54) is 29.3 Å². The average Bonchev–Trinajstić information content (AvgIpc) is 3.23. The highest BCUT2D eigenvalue weighted by atomic mass is 32.2. The average molecular weight is 431 g/mol. The Morgan fingerprint density at radius 2 is 1.80 bits per heavy atom. The minimum Gasteiger partial charge on any atom is -0.368 e. The fourth-order valence-corrected chi connectivity index (χ4v) is 5.05. The summed E-state index contributed by atoms with van der Waals surface area (Å²) in [5, 5.41) is 1.26. The van der Waals surface area contributed by atoms with E-state index in [0.29, 0.717) is 6.54 Å². The molecule has 0 amide bonds. The van der Waals surface area contributed by atoms with Gasteiger partial charge in [0.25, 0.3) is 0 Å². The zero-order valence-electron chi connectivity index (χ0n) is 16.9. The molecule has 3 aromatic rings. The van der Waals surface area contributed by atoms with Gasteiger partial charge in [-0.25, -0.2) is 17.5 Å². The molecule has 0 atom stereocenters. The second-order valence-corrected chi connectivity index (χ2v) is 9.37. The number of aromatic nitrogens is 1. The first-order valence-electron chi connectivity index (χ1n) is 10.3. The molecule has 0 aliphatic carbocycles. The van der Waals surface area contributed by atoms with Crippen molar-refractivity contribution in [3.8, 4) is 0 Å². The van der Waals surface area contributed by atoms with Crippen LogP contribution < -0.4 is 9.62 Å². The van der Waals surface area contributed by atoms with E-state index in [4.69, 9.17) is 0 Å². The predicted octanol–water partition coefficient (Wildman–Crippen LogP) is 3.19. The van der Waals surface area contributed by atoms with Crippen LogP contribution in [0.1, 0.15) is 12.8 Å². The maximum Gasteiger partial charge on any atom is 0.240 e. The van der Waals surface area contributed by atoms with E-state index < -0.39 is 15.8 Å². The lowest BCUT2D eigenvalue weighted by Crippen LogP contribution is -2.46. The van der Waals surface area contributed by atoms with Crippen molar-refractivity contribution >= 4 is 26.6 Å². The molecule has 8 heteroatoms. The van der Waals surface area contributed by atoms with Crippen LogP contribution in [-0.2, 0) is 10.0 Å². The zero-order chi connectivity index (χ0) is 21.0. The molecule has 0 radical (unpaired) electrons. The SMILES string of the molecule is O=S(=O)(NCCCCN1CCN(c2cccc3[nH]ccc23)CC1)c1cccc(F)c1. The van der Waals surface area contributed by atoms with Crippen LogP contribution in [0.3, 0.4) is 0 Å². The number of fused-ring (bicyclic) bond motifs is 1. The monoisotopic (exact) mass is 430 g/mol. The Hall–Kier alpha value is -2.42. The van der Waals surface area contributed by atoms with Crippen LogP contribution in [0, 0.1) is 5.82 Å². The number of rotatable bonds is 8. The number of sulfonamides is 1. The van der Waals surface area contributed by atoms with Crippen molar-refractivity contribution in [2.75, 3.05) is 44.2 Å². The number of halogens is 1. The number of H-pyrrole nitrogens is 1. The summed E-state index contributed by atoms with van der Waals surface area (Å²) in [6.07, 6.45) is 3.64. The molecular weight excluding hydrogens is 403 g/mol. The topological polar surface area (TPSA) is 68.4 Å². The molecule has 30 heavy (non-hydrogen) atoms. The van der Waals surface area contributed by atoms with E-state index in [9.17, 15) is 12.8 Å². The number of piperazine rings is 1. The largest absolute Gasteiger partial charge is 0.368 e. The normalized spacial score (nSPS) is 15.7. The first-order chi connectivity index (χ1) is 14.5. The minimum atomic E-state index is -3.65. The van der Waals surface area contributed by atoms with Gasteiger partial charge in [-0.1, -0.05) is 12.1 Å². The van der Waals surface area contributed by atoms with Crippen molar-refractivity contribution in [1.29, 1.82) is 0 Å². The Bertz CT molecular complexity index is 1090. The van der Waals surface area contributed by atoms with Gasteiger partial charge in [0.2, 0.25) is 10.0 Å². The van der Waals surface area contributed by atoms with Crippen molar-refractivity contribution in [1.82, 2.24) is 14.6 Å². The quantitative estimate of drug-likeness (QED) is 0.539. The molecular formula is C22H27FN4O2S. The zero-order valence-corrected chi connectivity index (χ0v) is 17.7. The summed E-state index contributed by atoms with van der Waals surface area (Å²) in [5.74, 6) is -0.551. The van der Waals surface area contributed by atoms with Crippen molar-refractivity contribution < 1.29 is 12.8 Å². The number of aromatic amines is 1. The molecule has 0 spiro atoms. The third-order valence-corrected chi connectivity index (χ3v) is 7.04. The molecule has 2 heterocycles. The molecule has 2 aromatic carbocycles. The first kappa shape index (κ1) is 20.8. The lowest BCUT2D eigenvalue weighted by Gasteiger charge is -2.36. The third-order valence-electron chi connectivity index (χ3n) is 5.58. The maximum absolute atomic E-state index is 13.2. The number of anilines is 1. The van der Waals surface area contributed by atoms with Crippen molar-refractivity contribution in [3.63, 3.8) is 0 Å². The molecule has 6 nitrogen and oxygen atoms in total. The molecule has 0 bridgehead atoms. The summed E-state index contributed by atoms with van der Waals surface area (Å²) in [7, 11) is -3.65. The summed E-state index contributed by atoms with van der Waals surface area (Å²) in [6.45, 7) is 5.26. The third kappa shape index (κ3) is 4.83. The maximum atomic E-state index is 13.2. The Kier molecular flexibility index (Phi) is 6.36. The molecule has 1 aliphatic heterocycles. The van der Waals surface area contributed by atoms with Gasteiger partial charge in [0.1, 0.15) is 5.82 Å². The van der Waals surface area contributed by atoms with E-state index in [-0.39, 0.29) is 4.90 Å². The summed E-state index contributed by atoms with van der Waals surface area (Å²) in [5.41, 5.74) is 2.44. The number of hydrogen-bond acceptors (Lipinski definition) is 4. The van der Waals surface area contributed by atoms with E-state index in [1.807, 2.05) is 6.20 Å². The summed E-state index contributed by atoms with van der Waals surface area (Å²) in [6, 6.07) is 13.6. The standard InChI is InChI=1S/C22H27FN4O2S/c23-18-5-3-6-19(17-18)30(28,29)25-10-1-2-12-26-13-15-27(16-14-26)22-8-4-7-21-20(22)9-11-24-21/h3-9,11,17,24-25H,1-2,10,12-16H2. The molecule has 4 rings (SSSR count). The lowest BCUT2D eigenvalue weighted by atomic mass is 10.1. The predicted molar refractivity (Wildman–Crippen MR) is 118 cm³/mol. The Balaban J connectivity index is 1.19. The van der Waals surface area contributed by atoms with Gasteiger partial charge in [-0.15, -0.1) is 0 Å². The van der Waals surface area contributed by atoms with Crippen molar-refractivity contribution in [3.05, 3.63) is 60.5 Å². The van der Waals surface area contributed by atoms with E-state index in [1.54, 1.807) is 0 Å². The van der Waals surface area contributed by atoms with Crippen LogP contribution in [0.2, 0.25) is 0 Å². The van der Waals surface area contributed by atoms with Gasteiger partial charge in [-0.05, 0) is 55.8 Å². The van der Waals surface area contributed by atoms with Gasteiger partial charge >= 0.3 is 0 Å². The van der Waals surface area contributed by atoms with Gasteiger partial charge in [-0.3, -0.25) is 4.90 Å². The number of nitrogens with zero attached hydrogens (tertiary/aromatic N) is 2. The smallest absolute Gasteiger partial charge is 0.240 e. The molecule has 160 valence electrons. The van der Waals surface area contributed by atoms with Crippen molar-refractivity contribution in [2.24, 2.45) is 0 Å². The Morgan fingerprint density at radius 1 is 1.00 bits per heavy atom. The van der Waals surface area contributed by atoms with Crippen LogP contribution in [0.4, 0.5) is 10.1 Å². The summed E-state index contributed by atoms with van der Waals surface area (Å²) < 4.78 is 40.2. The summed E-state index contributed by atoms with van der Waals surface area (Å²) in [4.78, 5) is 8.09. The Morgan fingerprint density at radius 3 is 2.60 bits per heavy atom. The minimum absolute atomic E-state index is 0.0314. The van der Waals surface area contributed by atoms with E-state index in [0.717, 1.165) is 57.1 Å². The highest BCUT2D eigenvalue weighted by Gasteiger charge is 2.19. The number of nitrogens with one attached hydrogen (secondary N) is 2. The Labute approximate surface area is 176 Å². The van der Waals surface area contributed by atoms with Crippen LogP contribution in [-0.4, -0.2) is 57.6 Å². The summed E-state index contributed by atoms with van der Waals surface area (Å²) >= 11 is 0. The van der Waals surface area contributed by atoms with Crippen LogP contribution in [0.5, 0.6) is 0 Å². The van der Waals surface area contributed by atoms with E-state index in [2.05, 4.69) is 43.8 Å².